The molecule has 0 aromatic heterocycles. The minimum absolute atomic E-state index is 0.155. The van der Waals surface area contributed by atoms with E-state index in [0.717, 1.165) is 37.9 Å². The van der Waals surface area contributed by atoms with Gasteiger partial charge in [-0.3, -0.25) is 0 Å². The number of hydrogen-bond acceptors (Lipinski definition) is 2. The zero-order valence-electron chi connectivity index (χ0n) is 11.3. The van der Waals surface area contributed by atoms with Crippen LogP contribution < -0.4 is 10.5 Å². The van der Waals surface area contributed by atoms with Gasteiger partial charge in [0.15, 0.2) is 0 Å². The van der Waals surface area contributed by atoms with E-state index in [1.165, 1.54) is 0 Å². The zero-order valence-corrected chi connectivity index (χ0v) is 15.0. The van der Waals surface area contributed by atoms with Gasteiger partial charge in [0, 0.05) is 14.1 Å². The fourth-order valence-electron chi connectivity index (χ4n) is 1.89. The summed E-state index contributed by atoms with van der Waals surface area (Å²) >= 11 is 5.79. The molecular formula is C16H17BrINO. The summed E-state index contributed by atoms with van der Waals surface area (Å²) in [6.45, 7) is 2.10. The lowest BCUT2D eigenvalue weighted by Crippen LogP contribution is -2.21. The van der Waals surface area contributed by atoms with Crippen LogP contribution in [0, 0.1) is 3.57 Å². The van der Waals surface area contributed by atoms with Crippen LogP contribution in [0.4, 0.5) is 0 Å². The van der Waals surface area contributed by atoms with Crippen LogP contribution in [0.25, 0.3) is 0 Å². The third-order valence-corrected chi connectivity index (χ3v) is 4.22. The lowest BCUT2D eigenvalue weighted by molar-refractivity contribution is 0.471. The molecule has 4 heteroatoms. The molecule has 2 aromatic carbocycles. The van der Waals surface area contributed by atoms with Crippen molar-refractivity contribution < 1.29 is 4.74 Å². The number of benzene rings is 2. The summed E-state index contributed by atoms with van der Waals surface area (Å²) in [5, 5.41) is 0. The average molecular weight is 446 g/mol. The van der Waals surface area contributed by atoms with E-state index in [1.54, 1.807) is 0 Å². The number of hydrogen-bond donors (Lipinski definition) is 1. The fraction of sp³-hybridized carbons (Fsp3) is 0.250. The topological polar surface area (TPSA) is 35.2 Å². The van der Waals surface area contributed by atoms with Crippen molar-refractivity contribution in [1.82, 2.24) is 0 Å². The van der Waals surface area contributed by atoms with Crippen LogP contribution >= 0.6 is 38.5 Å². The highest BCUT2D eigenvalue weighted by Crippen LogP contribution is 2.29. The van der Waals surface area contributed by atoms with Crippen molar-refractivity contribution in [3.63, 3.8) is 0 Å². The minimum Gasteiger partial charge on any atom is -0.457 e. The average Bonchev–Trinajstić information content (AvgIpc) is 2.42. The van der Waals surface area contributed by atoms with Crippen molar-refractivity contribution in [1.29, 1.82) is 0 Å². The second-order valence-electron chi connectivity index (χ2n) is 4.68. The predicted octanol–water partition coefficient (Wildman–Crippen LogP) is 5.13. The normalized spacial score (nSPS) is 12.2. The van der Waals surface area contributed by atoms with Crippen molar-refractivity contribution in [3.05, 3.63) is 56.1 Å². The van der Waals surface area contributed by atoms with Gasteiger partial charge in [0.2, 0.25) is 0 Å². The van der Waals surface area contributed by atoms with Crippen molar-refractivity contribution in [2.75, 3.05) is 0 Å². The molecule has 0 heterocycles. The molecule has 0 radical (unpaired) electrons. The van der Waals surface area contributed by atoms with E-state index in [1.807, 2.05) is 36.4 Å². The van der Waals surface area contributed by atoms with Crippen molar-refractivity contribution in [2.24, 2.45) is 5.73 Å². The summed E-state index contributed by atoms with van der Waals surface area (Å²) < 4.78 is 8.21. The van der Waals surface area contributed by atoms with E-state index in [2.05, 4.69) is 51.5 Å². The molecule has 0 aliphatic carbocycles. The van der Waals surface area contributed by atoms with Gasteiger partial charge < -0.3 is 10.5 Å². The molecule has 106 valence electrons. The number of rotatable bonds is 5. The van der Waals surface area contributed by atoms with Gasteiger partial charge in [0.05, 0.1) is 0 Å². The molecule has 0 amide bonds. The van der Waals surface area contributed by atoms with Gasteiger partial charge in [-0.05, 0) is 77.4 Å². The molecule has 0 fully saturated rings. The van der Waals surface area contributed by atoms with Crippen molar-refractivity contribution in [3.8, 4) is 11.5 Å². The van der Waals surface area contributed by atoms with E-state index in [9.17, 15) is 0 Å². The summed E-state index contributed by atoms with van der Waals surface area (Å²) in [6, 6.07) is 14.2. The Labute approximate surface area is 142 Å². The Bertz CT molecular complexity index is 588. The largest absolute Gasteiger partial charge is 0.457 e. The molecule has 0 aliphatic heterocycles. The first-order chi connectivity index (χ1) is 9.58. The van der Waals surface area contributed by atoms with Crippen LogP contribution in [0.5, 0.6) is 11.5 Å². The van der Waals surface area contributed by atoms with E-state index < -0.39 is 0 Å². The van der Waals surface area contributed by atoms with E-state index in [-0.39, 0.29) is 6.04 Å². The Morgan fingerprint density at radius 3 is 2.75 bits per heavy atom. The van der Waals surface area contributed by atoms with Gasteiger partial charge in [-0.2, -0.15) is 0 Å². The molecule has 0 saturated carbocycles. The van der Waals surface area contributed by atoms with Gasteiger partial charge in [0.1, 0.15) is 11.5 Å². The molecule has 0 bridgehead atoms. The number of ether oxygens (including phenoxy) is 1. The van der Waals surface area contributed by atoms with Gasteiger partial charge in [-0.25, -0.2) is 0 Å². The van der Waals surface area contributed by atoms with Crippen LogP contribution in [-0.2, 0) is 6.42 Å². The molecular weight excluding hydrogens is 429 g/mol. The second kappa shape index (κ2) is 7.43. The molecule has 1 atom stereocenters. The molecule has 2 nitrogen and oxygen atoms in total. The Morgan fingerprint density at radius 1 is 1.25 bits per heavy atom. The zero-order chi connectivity index (χ0) is 14.5. The van der Waals surface area contributed by atoms with Crippen LogP contribution in [0.15, 0.2) is 46.9 Å². The summed E-state index contributed by atoms with van der Waals surface area (Å²) in [5.74, 6) is 1.73. The Morgan fingerprint density at radius 2 is 2.05 bits per heavy atom. The van der Waals surface area contributed by atoms with Crippen LogP contribution in [0.2, 0.25) is 0 Å². The SMILES string of the molecule is CCC(N)Cc1cc(Br)ccc1Oc1cccc(I)c1. The maximum absolute atomic E-state index is 6.07. The van der Waals surface area contributed by atoms with Crippen molar-refractivity contribution >= 4 is 38.5 Å². The van der Waals surface area contributed by atoms with Gasteiger partial charge >= 0.3 is 0 Å². The Kier molecular flexibility index (Phi) is 5.86. The first-order valence-electron chi connectivity index (χ1n) is 6.56. The second-order valence-corrected chi connectivity index (χ2v) is 6.85. The highest BCUT2D eigenvalue weighted by molar-refractivity contribution is 14.1. The predicted molar refractivity (Wildman–Crippen MR) is 95.3 cm³/mol. The van der Waals surface area contributed by atoms with Gasteiger partial charge in [-0.15, -0.1) is 0 Å². The van der Waals surface area contributed by atoms with Crippen LogP contribution in [0.3, 0.4) is 0 Å². The summed E-state index contributed by atoms with van der Waals surface area (Å²) in [4.78, 5) is 0. The number of halogens is 2. The highest BCUT2D eigenvalue weighted by atomic mass is 127. The monoisotopic (exact) mass is 445 g/mol. The molecule has 2 rings (SSSR count). The molecule has 1 unspecified atom stereocenters. The molecule has 2 N–H and O–H groups in total. The highest BCUT2D eigenvalue weighted by Gasteiger charge is 2.10. The maximum Gasteiger partial charge on any atom is 0.130 e. The Hall–Kier alpha value is -0.590. The molecule has 20 heavy (non-hydrogen) atoms. The first kappa shape index (κ1) is 15.8. The smallest absolute Gasteiger partial charge is 0.130 e. The van der Waals surface area contributed by atoms with Gasteiger partial charge in [-0.1, -0.05) is 28.9 Å². The third-order valence-electron chi connectivity index (χ3n) is 3.05. The van der Waals surface area contributed by atoms with Crippen molar-refractivity contribution in [2.45, 2.75) is 25.8 Å². The first-order valence-corrected chi connectivity index (χ1v) is 8.43. The minimum atomic E-state index is 0.155. The molecule has 0 spiro atoms. The molecule has 0 saturated heterocycles. The summed E-state index contributed by atoms with van der Waals surface area (Å²) in [6.07, 6.45) is 1.77. The fourth-order valence-corrected chi connectivity index (χ4v) is 2.81. The van der Waals surface area contributed by atoms with Crippen LogP contribution in [0.1, 0.15) is 18.9 Å². The van der Waals surface area contributed by atoms with E-state index >= 15 is 0 Å². The quantitative estimate of drug-likeness (QED) is 0.647. The third kappa shape index (κ3) is 4.46. The molecule has 2 aromatic rings. The lowest BCUT2D eigenvalue weighted by atomic mass is 10.0. The lowest BCUT2D eigenvalue weighted by Gasteiger charge is -2.15. The Balaban J connectivity index is 2.26. The summed E-state index contributed by atoms with van der Waals surface area (Å²) in [5.41, 5.74) is 7.20. The number of nitrogens with two attached hydrogens (primary N) is 1. The van der Waals surface area contributed by atoms with Crippen LogP contribution in [-0.4, -0.2) is 6.04 Å². The molecule has 0 aliphatic rings. The maximum atomic E-state index is 6.07. The van der Waals surface area contributed by atoms with E-state index in [0.29, 0.717) is 0 Å². The summed E-state index contributed by atoms with van der Waals surface area (Å²) in [7, 11) is 0. The van der Waals surface area contributed by atoms with Gasteiger partial charge in [0.25, 0.3) is 0 Å². The van der Waals surface area contributed by atoms with E-state index in [4.69, 9.17) is 10.5 Å². The standard InChI is InChI=1S/C16H17BrINO/c1-2-14(19)9-11-8-12(17)6-7-16(11)20-15-5-3-4-13(18)10-15/h3-8,10,14H,2,9,19H2,1H3.